The summed E-state index contributed by atoms with van der Waals surface area (Å²) in [7, 11) is -1.20. The van der Waals surface area contributed by atoms with Crippen LogP contribution in [0.25, 0.3) is 11.2 Å². The van der Waals surface area contributed by atoms with Crippen molar-refractivity contribution in [3.05, 3.63) is 50.7 Å². The summed E-state index contributed by atoms with van der Waals surface area (Å²) in [6, 6.07) is 6.17. The van der Waals surface area contributed by atoms with E-state index in [0.717, 1.165) is 10.1 Å². The molecule has 0 aliphatic carbocycles. The Balaban J connectivity index is 1.66. The molecule has 0 unspecified atom stereocenters. The van der Waals surface area contributed by atoms with Crippen LogP contribution in [-0.4, -0.2) is 71.2 Å². The van der Waals surface area contributed by atoms with E-state index in [2.05, 4.69) is 4.98 Å². The molecule has 3 aromatic rings. The molecule has 0 radical (unpaired) electrons. The lowest BCUT2D eigenvalue weighted by Gasteiger charge is -2.28. The van der Waals surface area contributed by atoms with Gasteiger partial charge in [-0.2, -0.15) is 13.4 Å². The lowest BCUT2D eigenvalue weighted by molar-refractivity contribution is 0.0954. The summed E-state index contributed by atoms with van der Waals surface area (Å²) in [5.41, 5.74) is 0.119. The number of ether oxygens (including phenoxy) is 1. The zero-order chi connectivity index (χ0) is 24.6. The number of hydrogen-bond acceptors (Lipinski definition) is 9. The molecule has 0 saturated carbocycles. The van der Waals surface area contributed by atoms with Crippen LogP contribution < -0.4 is 16.1 Å². The maximum atomic E-state index is 13.0. The molecule has 3 heterocycles. The van der Waals surface area contributed by atoms with Crippen molar-refractivity contribution in [1.29, 1.82) is 0 Å². The number of rotatable bonds is 7. The summed E-state index contributed by atoms with van der Waals surface area (Å²) < 4.78 is 39.2. The molecule has 34 heavy (non-hydrogen) atoms. The molecule has 0 bridgehead atoms. The van der Waals surface area contributed by atoms with Crippen molar-refractivity contribution in [1.82, 2.24) is 18.7 Å². The highest BCUT2D eigenvalue weighted by atomic mass is 32.2. The minimum absolute atomic E-state index is 0.0174. The maximum Gasteiger partial charge on any atom is 0.332 e. The third-order valence-corrected chi connectivity index (χ3v) is 7.04. The predicted molar refractivity (Wildman–Crippen MR) is 124 cm³/mol. The number of hydrogen-bond donors (Lipinski definition) is 1. The zero-order valence-electron chi connectivity index (χ0n) is 19.2. The van der Waals surface area contributed by atoms with Crippen molar-refractivity contribution in [2.45, 2.75) is 24.5 Å². The van der Waals surface area contributed by atoms with Gasteiger partial charge >= 0.3 is 5.69 Å². The minimum atomic E-state index is -4.07. The van der Waals surface area contributed by atoms with E-state index < -0.39 is 34.1 Å². The molecule has 1 aromatic carbocycles. The second kappa shape index (κ2) is 9.33. The molecular formula is C21H27N5O7S. The number of fused-ring (bicyclic) bond motifs is 1. The van der Waals surface area contributed by atoms with Gasteiger partial charge in [-0.15, -0.1) is 0 Å². The molecule has 4 rings (SSSR count). The van der Waals surface area contributed by atoms with E-state index in [1.165, 1.54) is 35.4 Å². The van der Waals surface area contributed by atoms with Crippen LogP contribution in [0.3, 0.4) is 0 Å². The highest BCUT2D eigenvalue weighted by molar-refractivity contribution is 7.86. The van der Waals surface area contributed by atoms with Crippen LogP contribution in [0.5, 0.6) is 0 Å². The molecule has 1 N–H and O–H groups in total. The molecule has 2 aromatic heterocycles. The highest BCUT2D eigenvalue weighted by Gasteiger charge is 2.26. The molecule has 1 saturated heterocycles. The topological polar surface area (TPSA) is 138 Å². The molecule has 184 valence electrons. The van der Waals surface area contributed by atoms with E-state index in [-0.39, 0.29) is 22.6 Å². The summed E-state index contributed by atoms with van der Waals surface area (Å²) in [6.07, 6.45) is -1.28. The number of morpholine rings is 1. The van der Waals surface area contributed by atoms with Gasteiger partial charge in [0.2, 0.25) is 5.95 Å². The number of anilines is 1. The second-order valence-corrected chi connectivity index (χ2v) is 9.82. The third-order valence-electron chi connectivity index (χ3n) is 5.74. The average Bonchev–Trinajstić information content (AvgIpc) is 3.20. The van der Waals surface area contributed by atoms with Crippen molar-refractivity contribution < 1.29 is 22.4 Å². The molecular weight excluding hydrogens is 466 g/mol. The molecule has 1 aliphatic rings. The smallest absolute Gasteiger partial charge is 0.332 e. The Hall–Kier alpha value is -3.00. The van der Waals surface area contributed by atoms with E-state index >= 15 is 0 Å². The van der Waals surface area contributed by atoms with Crippen molar-refractivity contribution in [2.75, 3.05) is 37.8 Å². The number of imidazole rings is 1. The first-order valence-corrected chi connectivity index (χ1v) is 12.1. The van der Waals surface area contributed by atoms with Crippen molar-refractivity contribution in [2.24, 2.45) is 14.1 Å². The van der Waals surface area contributed by atoms with Gasteiger partial charge in [-0.05, 0) is 19.1 Å². The number of aliphatic hydroxyl groups is 1. The predicted octanol–water partition coefficient (Wildman–Crippen LogP) is -0.655. The van der Waals surface area contributed by atoms with Crippen molar-refractivity contribution >= 4 is 27.2 Å². The van der Waals surface area contributed by atoms with Gasteiger partial charge in [0.25, 0.3) is 15.7 Å². The van der Waals surface area contributed by atoms with Crippen molar-refractivity contribution in [3.8, 4) is 0 Å². The number of nitrogens with zero attached hydrogens (tertiary/aromatic N) is 5. The summed E-state index contributed by atoms with van der Waals surface area (Å²) in [6.45, 7) is 3.08. The second-order valence-electron chi connectivity index (χ2n) is 8.21. The van der Waals surface area contributed by atoms with Crippen LogP contribution >= 0.6 is 0 Å². The number of benzene rings is 1. The molecule has 1 atom stereocenters. The van der Waals surface area contributed by atoms with Crippen LogP contribution in [0.15, 0.2) is 38.8 Å². The van der Waals surface area contributed by atoms with Crippen LogP contribution in [0.1, 0.15) is 5.56 Å². The van der Waals surface area contributed by atoms with Crippen LogP contribution in [0.4, 0.5) is 5.95 Å². The van der Waals surface area contributed by atoms with E-state index in [1.807, 2.05) is 11.8 Å². The molecule has 0 spiro atoms. The molecule has 12 nitrogen and oxygen atoms in total. The lowest BCUT2D eigenvalue weighted by atomic mass is 10.2. The fraction of sp³-hybridized carbons (Fsp3) is 0.476. The third kappa shape index (κ3) is 4.51. The Kier molecular flexibility index (Phi) is 6.62. The van der Waals surface area contributed by atoms with Gasteiger partial charge in [0.05, 0.1) is 37.4 Å². The standard InChI is InChI=1S/C21H27N5O7S/c1-14-4-6-16(7-5-14)34(30,31)33-13-15(27)12-26-17-18(23(2)21(29)24(3)19(17)28)22-20(26)25-8-10-32-11-9-25/h4-7,15,27H,8-13H2,1-3H3/t15-/m1/s1. The summed E-state index contributed by atoms with van der Waals surface area (Å²) >= 11 is 0. The molecule has 13 heteroatoms. The molecule has 1 fully saturated rings. The lowest BCUT2D eigenvalue weighted by Crippen LogP contribution is -2.39. The number of aromatic nitrogens is 4. The van der Waals surface area contributed by atoms with Gasteiger partial charge in [-0.1, -0.05) is 17.7 Å². The fourth-order valence-electron chi connectivity index (χ4n) is 3.82. The van der Waals surface area contributed by atoms with Gasteiger partial charge in [-0.3, -0.25) is 18.1 Å². The minimum Gasteiger partial charge on any atom is -0.389 e. The first-order chi connectivity index (χ1) is 16.1. The van der Waals surface area contributed by atoms with Crippen LogP contribution in [0.2, 0.25) is 0 Å². The Bertz CT molecular complexity index is 1420. The number of aliphatic hydroxyl groups excluding tert-OH is 1. The summed E-state index contributed by atoms with van der Waals surface area (Å²) in [5, 5.41) is 10.7. The van der Waals surface area contributed by atoms with Gasteiger partial charge in [-0.25, -0.2) is 4.79 Å². The molecule has 0 amide bonds. The monoisotopic (exact) mass is 493 g/mol. The van der Waals surface area contributed by atoms with Crippen LogP contribution in [0, 0.1) is 6.92 Å². The maximum absolute atomic E-state index is 13.0. The fourth-order valence-corrected chi connectivity index (χ4v) is 4.76. The number of aryl methyl sites for hydroxylation is 2. The highest BCUT2D eigenvalue weighted by Crippen LogP contribution is 2.22. The van der Waals surface area contributed by atoms with E-state index in [0.29, 0.717) is 32.3 Å². The first-order valence-electron chi connectivity index (χ1n) is 10.7. The zero-order valence-corrected chi connectivity index (χ0v) is 20.0. The van der Waals surface area contributed by atoms with Gasteiger partial charge in [0.15, 0.2) is 11.2 Å². The summed E-state index contributed by atoms with van der Waals surface area (Å²) in [4.78, 5) is 31.8. The molecule has 1 aliphatic heterocycles. The average molecular weight is 494 g/mol. The first kappa shape index (κ1) is 24.1. The van der Waals surface area contributed by atoms with E-state index in [9.17, 15) is 23.1 Å². The SMILES string of the molecule is Cc1ccc(S(=O)(=O)OC[C@H](O)Cn2c(N3CCOCC3)nc3c2c(=O)n(C)c(=O)n3C)cc1. The van der Waals surface area contributed by atoms with Gasteiger partial charge < -0.3 is 19.3 Å². The Morgan fingerprint density at radius 2 is 1.76 bits per heavy atom. The Morgan fingerprint density at radius 3 is 2.41 bits per heavy atom. The largest absolute Gasteiger partial charge is 0.389 e. The van der Waals surface area contributed by atoms with Crippen molar-refractivity contribution in [3.63, 3.8) is 0 Å². The normalized spacial score (nSPS) is 15.7. The summed E-state index contributed by atoms with van der Waals surface area (Å²) in [5.74, 6) is 0.386. The Labute approximate surface area is 195 Å². The van der Waals surface area contributed by atoms with Gasteiger partial charge in [0, 0.05) is 27.2 Å². The van der Waals surface area contributed by atoms with Gasteiger partial charge in [0.1, 0.15) is 0 Å². The quantitative estimate of drug-likeness (QED) is 0.425. The Morgan fingerprint density at radius 1 is 1.12 bits per heavy atom. The van der Waals surface area contributed by atoms with Crippen LogP contribution in [-0.2, 0) is 39.7 Å². The van der Waals surface area contributed by atoms with E-state index in [4.69, 9.17) is 8.92 Å². The van der Waals surface area contributed by atoms with E-state index in [1.54, 1.807) is 12.1 Å².